The van der Waals surface area contributed by atoms with Crippen molar-refractivity contribution in [2.24, 2.45) is 0 Å². The molecule has 0 saturated carbocycles. The van der Waals surface area contributed by atoms with Gasteiger partial charge in [-0.25, -0.2) is 4.98 Å². The lowest BCUT2D eigenvalue weighted by Crippen LogP contribution is -2.27. The van der Waals surface area contributed by atoms with Crippen LogP contribution in [0.1, 0.15) is 22.5 Å². The van der Waals surface area contributed by atoms with Gasteiger partial charge >= 0.3 is 0 Å². The summed E-state index contributed by atoms with van der Waals surface area (Å²) in [4.78, 5) is 18.8. The summed E-state index contributed by atoms with van der Waals surface area (Å²) in [5.74, 6) is -0.180. The van der Waals surface area contributed by atoms with Gasteiger partial charge in [0, 0.05) is 19.2 Å². The normalized spacial score (nSPS) is 10.5. The molecule has 0 unspecified atom stereocenters. The van der Waals surface area contributed by atoms with E-state index < -0.39 is 0 Å². The molecular weight excluding hydrogens is 304 g/mol. The zero-order valence-corrected chi connectivity index (χ0v) is 13.5. The second-order valence-corrected chi connectivity index (χ2v) is 5.50. The van der Waals surface area contributed by atoms with Crippen LogP contribution in [0.15, 0.2) is 40.9 Å². The van der Waals surface area contributed by atoms with Gasteiger partial charge in [0.05, 0.1) is 34.8 Å². The number of benzene rings is 1. The van der Waals surface area contributed by atoms with E-state index in [4.69, 9.17) is 9.78 Å². The lowest BCUT2D eigenvalue weighted by molar-refractivity contribution is 0.0800. The van der Waals surface area contributed by atoms with Crippen molar-refractivity contribution >= 4 is 17.0 Å². The number of pyridine rings is 1. The smallest absolute Gasteiger partial charge is 0.259 e. The highest BCUT2D eigenvalue weighted by atomic mass is 16.5. The summed E-state index contributed by atoms with van der Waals surface area (Å²) < 4.78 is 5.28. The van der Waals surface area contributed by atoms with Crippen LogP contribution in [0.5, 0.6) is 0 Å². The van der Waals surface area contributed by atoms with E-state index >= 15 is 0 Å². The van der Waals surface area contributed by atoms with Crippen LogP contribution in [-0.2, 0) is 0 Å². The minimum atomic E-state index is -0.180. The number of rotatable bonds is 4. The first-order valence-corrected chi connectivity index (χ1v) is 7.56. The molecule has 0 saturated heterocycles. The first-order valence-electron chi connectivity index (χ1n) is 7.56. The Morgan fingerprint density at radius 2 is 2.08 bits per heavy atom. The van der Waals surface area contributed by atoms with E-state index in [1.807, 2.05) is 36.4 Å². The van der Waals surface area contributed by atoms with Crippen LogP contribution in [0.4, 0.5) is 0 Å². The van der Waals surface area contributed by atoms with Crippen molar-refractivity contribution < 1.29 is 9.32 Å². The standard InChI is InChI=1S/C18H16N4O2/c1-12-16-14(18(23)22(2)10-6-9-19)11-15(20-17(16)24-21-12)13-7-4-3-5-8-13/h3-5,7-8,11H,6,10H2,1-2H3. The number of hydrogen-bond acceptors (Lipinski definition) is 5. The zero-order chi connectivity index (χ0) is 17.1. The van der Waals surface area contributed by atoms with Gasteiger partial charge in [-0.15, -0.1) is 0 Å². The fourth-order valence-electron chi connectivity index (χ4n) is 2.55. The average molecular weight is 320 g/mol. The fourth-order valence-corrected chi connectivity index (χ4v) is 2.55. The summed E-state index contributed by atoms with van der Waals surface area (Å²) in [6.07, 6.45) is 0.282. The van der Waals surface area contributed by atoms with E-state index in [2.05, 4.69) is 10.1 Å². The second-order valence-electron chi connectivity index (χ2n) is 5.50. The van der Waals surface area contributed by atoms with E-state index in [0.717, 1.165) is 5.56 Å². The van der Waals surface area contributed by atoms with Crippen LogP contribution in [0, 0.1) is 18.3 Å². The van der Waals surface area contributed by atoms with Crippen LogP contribution in [0.25, 0.3) is 22.4 Å². The second kappa shape index (κ2) is 6.50. The van der Waals surface area contributed by atoms with Gasteiger partial charge < -0.3 is 9.42 Å². The van der Waals surface area contributed by atoms with E-state index in [9.17, 15) is 4.79 Å². The highest BCUT2D eigenvalue weighted by Gasteiger charge is 2.21. The summed E-state index contributed by atoms with van der Waals surface area (Å²) in [6, 6.07) is 13.4. The van der Waals surface area contributed by atoms with E-state index in [1.54, 1.807) is 20.0 Å². The average Bonchev–Trinajstić information content (AvgIpc) is 3.00. The van der Waals surface area contributed by atoms with Crippen LogP contribution >= 0.6 is 0 Å². The maximum absolute atomic E-state index is 12.8. The molecule has 0 aliphatic rings. The van der Waals surface area contributed by atoms with Crippen LogP contribution in [-0.4, -0.2) is 34.5 Å². The summed E-state index contributed by atoms with van der Waals surface area (Å²) in [6.45, 7) is 2.14. The Kier molecular flexibility index (Phi) is 4.25. The number of hydrogen-bond donors (Lipinski definition) is 0. The summed E-state index contributed by atoms with van der Waals surface area (Å²) >= 11 is 0. The fraction of sp³-hybridized carbons (Fsp3) is 0.222. The molecule has 6 heteroatoms. The van der Waals surface area contributed by atoms with Crippen molar-refractivity contribution in [3.8, 4) is 17.3 Å². The van der Waals surface area contributed by atoms with Crippen LogP contribution in [0.3, 0.4) is 0 Å². The molecule has 0 aliphatic heterocycles. The lowest BCUT2D eigenvalue weighted by Gasteiger charge is -2.16. The Labute approximate surface area is 139 Å². The SMILES string of the molecule is Cc1noc2nc(-c3ccccc3)cc(C(=O)N(C)CCC#N)c12. The number of aryl methyl sites for hydroxylation is 1. The van der Waals surface area contributed by atoms with Crippen molar-refractivity contribution in [1.82, 2.24) is 15.0 Å². The van der Waals surface area contributed by atoms with Gasteiger partial charge in [-0.3, -0.25) is 4.79 Å². The minimum Gasteiger partial charge on any atom is -0.341 e. The number of nitriles is 1. The van der Waals surface area contributed by atoms with Gasteiger partial charge in [0.1, 0.15) is 0 Å². The Morgan fingerprint density at radius 1 is 1.33 bits per heavy atom. The molecule has 0 N–H and O–H groups in total. The molecule has 3 rings (SSSR count). The van der Waals surface area contributed by atoms with Gasteiger partial charge in [-0.1, -0.05) is 35.5 Å². The van der Waals surface area contributed by atoms with Crippen molar-refractivity contribution in [3.63, 3.8) is 0 Å². The van der Waals surface area contributed by atoms with E-state index in [-0.39, 0.29) is 12.3 Å². The minimum absolute atomic E-state index is 0.180. The largest absolute Gasteiger partial charge is 0.341 e. The highest BCUT2D eigenvalue weighted by molar-refractivity contribution is 6.06. The van der Waals surface area contributed by atoms with Crippen molar-refractivity contribution in [2.45, 2.75) is 13.3 Å². The van der Waals surface area contributed by atoms with Crippen molar-refractivity contribution in [1.29, 1.82) is 5.26 Å². The first-order chi connectivity index (χ1) is 11.6. The summed E-state index contributed by atoms with van der Waals surface area (Å²) in [7, 11) is 1.68. The van der Waals surface area contributed by atoms with Gasteiger partial charge in [0.25, 0.3) is 11.6 Å². The molecular formula is C18H16N4O2. The van der Waals surface area contributed by atoms with Crippen molar-refractivity contribution in [3.05, 3.63) is 47.7 Å². The van der Waals surface area contributed by atoms with Gasteiger partial charge in [-0.05, 0) is 13.0 Å². The van der Waals surface area contributed by atoms with Gasteiger partial charge in [0.2, 0.25) is 0 Å². The summed E-state index contributed by atoms with van der Waals surface area (Å²) in [5, 5.41) is 13.3. The number of nitrogens with zero attached hydrogens (tertiary/aromatic N) is 4. The Balaban J connectivity index is 2.13. The molecule has 2 heterocycles. The van der Waals surface area contributed by atoms with Crippen LogP contribution < -0.4 is 0 Å². The number of carbonyl (C=O) groups is 1. The Hall–Kier alpha value is -3.20. The topological polar surface area (TPSA) is 83.0 Å². The number of fused-ring (bicyclic) bond motifs is 1. The monoisotopic (exact) mass is 320 g/mol. The molecule has 0 atom stereocenters. The molecule has 1 aromatic carbocycles. The lowest BCUT2D eigenvalue weighted by atomic mass is 10.0. The third kappa shape index (κ3) is 2.84. The molecule has 3 aromatic rings. The van der Waals surface area contributed by atoms with Gasteiger partial charge in [-0.2, -0.15) is 5.26 Å². The third-order valence-corrected chi connectivity index (χ3v) is 3.82. The predicted octanol–water partition coefficient (Wildman–Crippen LogP) is 3.18. The Bertz CT molecular complexity index is 925. The molecule has 0 fully saturated rings. The van der Waals surface area contributed by atoms with Crippen molar-refractivity contribution in [2.75, 3.05) is 13.6 Å². The number of carbonyl (C=O) groups excluding carboxylic acids is 1. The van der Waals surface area contributed by atoms with Gasteiger partial charge in [0.15, 0.2) is 0 Å². The molecule has 120 valence electrons. The van der Waals surface area contributed by atoms with E-state index in [0.29, 0.717) is 34.6 Å². The predicted molar refractivity (Wildman–Crippen MR) is 89.2 cm³/mol. The first kappa shape index (κ1) is 15.7. The molecule has 1 amide bonds. The van der Waals surface area contributed by atoms with Crippen LogP contribution in [0.2, 0.25) is 0 Å². The molecule has 0 aliphatic carbocycles. The zero-order valence-electron chi connectivity index (χ0n) is 13.5. The third-order valence-electron chi connectivity index (χ3n) is 3.82. The molecule has 0 spiro atoms. The number of amides is 1. The number of aromatic nitrogens is 2. The quantitative estimate of drug-likeness (QED) is 0.737. The molecule has 0 bridgehead atoms. The highest BCUT2D eigenvalue weighted by Crippen LogP contribution is 2.27. The van der Waals surface area contributed by atoms with E-state index in [1.165, 1.54) is 4.90 Å². The molecule has 6 nitrogen and oxygen atoms in total. The summed E-state index contributed by atoms with van der Waals surface area (Å²) in [5.41, 5.74) is 2.98. The molecule has 24 heavy (non-hydrogen) atoms. The molecule has 0 radical (unpaired) electrons. The maximum Gasteiger partial charge on any atom is 0.259 e. The Morgan fingerprint density at radius 3 is 2.79 bits per heavy atom. The molecule has 2 aromatic heterocycles. The maximum atomic E-state index is 12.8.